The zero-order valence-corrected chi connectivity index (χ0v) is 10.5. The first-order chi connectivity index (χ1) is 8.60. The Morgan fingerprint density at radius 1 is 1.39 bits per heavy atom. The third-order valence-corrected chi connectivity index (χ3v) is 2.98. The number of nitrogens with zero attached hydrogens (tertiary/aromatic N) is 2. The molecule has 90 valence electrons. The minimum Gasteiger partial charge on any atom is -0.349 e. The highest BCUT2D eigenvalue weighted by molar-refractivity contribution is 5.93. The molecule has 3 heteroatoms. The van der Waals surface area contributed by atoms with Crippen LogP contribution in [-0.2, 0) is 6.54 Å². The van der Waals surface area contributed by atoms with Crippen LogP contribution < -0.4 is 0 Å². The van der Waals surface area contributed by atoms with Crippen molar-refractivity contribution in [3.8, 4) is 6.07 Å². The van der Waals surface area contributed by atoms with Gasteiger partial charge >= 0.3 is 0 Å². The topological polar surface area (TPSA) is 45.8 Å². The summed E-state index contributed by atoms with van der Waals surface area (Å²) >= 11 is 0. The first-order valence-corrected chi connectivity index (χ1v) is 5.76. The van der Waals surface area contributed by atoms with Gasteiger partial charge in [0, 0.05) is 24.5 Å². The highest BCUT2D eigenvalue weighted by Crippen LogP contribution is 2.13. The van der Waals surface area contributed by atoms with Crippen LogP contribution in [-0.4, -0.2) is 10.4 Å². The fraction of sp³-hybridized carbons (Fsp3) is 0.200. The number of ketones is 1. The summed E-state index contributed by atoms with van der Waals surface area (Å²) in [4.78, 5) is 11.2. The van der Waals surface area contributed by atoms with Gasteiger partial charge in [-0.2, -0.15) is 5.26 Å². The van der Waals surface area contributed by atoms with Crippen molar-refractivity contribution in [1.82, 2.24) is 4.57 Å². The van der Waals surface area contributed by atoms with Crippen LogP contribution in [0.5, 0.6) is 0 Å². The molecule has 0 saturated heterocycles. The lowest BCUT2D eigenvalue weighted by Gasteiger charge is -2.07. The van der Waals surface area contributed by atoms with Crippen LogP contribution in [0.25, 0.3) is 0 Å². The molecule has 18 heavy (non-hydrogen) atoms. The number of nitriles is 1. The SMILES string of the molecule is CC(=O)c1ccn(Cc2ccc(C#N)cc2C)c1. The van der Waals surface area contributed by atoms with E-state index in [9.17, 15) is 4.79 Å². The van der Waals surface area contributed by atoms with Crippen LogP contribution >= 0.6 is 0 Å². The lowest BCUT2D eigenvalue weighted by molar-refractivity contribution is 0.101. The molecular weight excluding hydrogens is 224 g/mol. The average Bonchev–Trinajstić information content (AvgIpc) is 2.80. The molecule has 1 heterocycles. The molecular formula is C15H14N2O. The number of aromatic nitrogens is 1. The van der Waals surface area contributed by atoms with Gasteiger partial charge in [0.2, 0.25) is 0 Å². The fourth-order valence-corrected chi connectivity index (χ4v) is 1.89. The first kappa shape index (κ1) is 12.1. The Balaban J connectivity index is 2.23. The summed E-state index contributed by atoms with van der Waals surface area (Å²) in [6, 6.07) is 9.60. The van der Waals surface area contributed by atoms with Gasteiger partial charge < -0.3 is 4.57 Å². The standard InChI is InChI=1S/C15H14N2O/c1-11-7-13(8-16)3-4-14(11)9-17-6-5-15(10-17)12(2)18/h3-7,10H,9H2,1-2H3. The number of benzene rings is 1. The molecule has 2 aromatic rings. The molecule has 0 aliphatic carbocycles. The highest BCUT2D eigenvalue weighted by Gasteiger charge is 2.04. The van der Waals surface area contributed by atoms with Crippen LogP contribution in [0, 0.1) is 18.3 Å². The van der Waals surface area contributed by atoms with E-state index in [1.807, 2.05) is 48.1 Å². The number of carbonyl (C=O) groups is 1. The van der Waals surface area contributed by atoms with Gasteiger partial charge in [0.25, 0.3) is 0 Å². The van der Waals surface area contributed by atoms with E-state index in [0.717, 1.165) is 16.7 Å². The lowest BCUT2D eigenvalue weighted by atomic mass is 10.1. The molecule has 0 bridgehead atoms. The molecule has 1 aromatic carbocycles. The van der Waals surface area contributed by atoms with Crippen molar-refractivity contribution >= 4 is 5.78 Å². The van der Waals surface area contributed by atoms with E-state index in [2.05, 4.69) is 6.07 Å². The second-order valence-electron chi connectivity index (χ2n) is 4.38. The third kappa shape index (κ3) is 2.49. The second kappa shape index (κ2) is 4.89. The van der Waals surface area contributed by atoms with Gasteiger partial charge in [-0.05, 0) is 43.2 Å². The molecule has 0 atom stereocenters. The van der Waals surface area contributed by atoms with Gasteiger partial charge in [-0.1, -0.05) is 6.07 Å². The van der Waals surface area contributed by atoms with Crippen molar-refractivity contribution in [3.05, 3.63) is 58.9 Å². The minimum atomic E-state index is 0.0744. The summed E-state index contributed by atoms with van der Waals surface area (Å²) in [5.74, 6) is 0.0744. The van der Waals surface area contributed by atoms with Crippen molar-refractivity contribution in [2.45, 2.75) is 20.4 Å². The molecule has 0 radical (unpaired) electrons. The van der Waals surface area contributed by atoms with Crippen LogP contribution in [0.2, 0.25) is 0 Å². The number of carbonyl (C=O) groups excluding carboxylic acids is 1. The monoisotopic (exact) mass is 238 g/mol. The van der Waals surface area contributed by atoms with Crippen molar-refractivity contribution < 1.29 is 4.79 Å². The van der Waals surface area contributed by atoms with Gasteiger partial charge in [-0.15, -0.1) is 0 Å². The Kier molecular flexibility index (Phi) is 3.29. The van der Waals surface area contributed by atoms with Crippen molar-refractivity contribution in [3.63, 3.8) is 0 Å². The molecule has 0 amide bonds. The molecule has 0 fully saturated rings. The maximum absolute atomic E-state index is 11.2. The summed E-state index contributed by atoms with van der Waals surface area (Å²) in [5.41, 5.74) is 3.64. The summed E-state index contributed by atoms with van der Waals surface area (Å²) < 4.78 is 1.98. The van der Waals surface area contributed by atoms with Gasteiger partial charge in [0.05, 0.1) is 11.6 Å². The lowest BCUT2D eigenvalue weighted by Crippen LogP contribution is -1.99. The van der Waals surface area contributed by atoms with E-state index >= 15 is 0 Å². The van der Waals surface area contributed by atoms with E-state index in [-0.39, 0.29) is 5.78 Å². The quantitative estimate of drug-likeness (QED) is 0.772. The van der Waals surface area contributed by atoms with Crippen molar-refractivity contribution in [1.29, 1.82) is 5.26 Å². The smallest absolute Gasteiger partial charge is 0.161 e. The number of Topliss-reactive ketones (excluding diaryl/α,β-unsaturated/α-hetero) is 1. The van der Waals surface area contributed by atoms with Gasteiger partial charge in [-0.3, -0.25) is 4.79 Å². The maximum atomic E-state index is 11.2. The van der Waals surface area contributed by atoms with Crippen molar-refractivity contribution in [2.24, 2.45) is 0 Å². The predicted molar refractivity (Wildman–Crippen MR) is 69.4 cm³/mol. The third-order valence-electron chi connectivity index (χ3n) is 2.98. The second-order valence-corrected chi connectivity index (χ2v) is 4.38. The van der Waals surface area contributed by atoms with Gasteiger partial charge in [0.15, 0.2) is 5.78 Å². The first-order valence-electron chi connectivity index (χ1n) is 5.76. The summed E-state index contributed by atoms with van der Waals surface area (Å²) in [7, 11) is 0. The number of hydrogen-bond acceptors (Lipinski definition) is 2. The molecule has 0 aliphatic heterocycles. The Labute approximate surface area is 106 Å². The van der Waals surface area contributed by atoms with E-state index in [1.54, 1.807) is 6.92 Å². The Morgan fingerprint density at radius 2 is 2.17 bits per heavy atom. The van der Waals surface area contributed by atoms with Crippen LogP contribution in [0.15, 0.2) is 36.7 Å². The number of rotatable bonds is 3. The Hall–Kier alpha value is -2.34. The maximum Gasteiger partial charge on any atom is 0.161 e. The fourth-order valence-electron chi connectivity index (χ4n) is 1.89. The van der Waals surface area contributed by atoms with E-state index in [0.29, 0.717) is 12.1 Å². The molecule has 3 nitrogen and oxygen atoms in total. The Bertz CT molecular complexity index is 632. The zero-order chi connectivity index (χ0) is 13.1. The molecule has 0 spiro atoms. The molecule has 0 saturated carbocycles. The summed E-state index contributed by atoms with van der Waals surface area (Å²) in [6.45, 7) is 4.27. The van der Waals surface area contributed by atoms with Gasteiger partial charge in [0.1, 0.15) is 0 Å². The molecule has 0 aliphatic rings. The minimum absolute atomic E-state index is 0.0744. The normalized spacial score (nSPS) is 10.1. The summed E-state index contributed by atoms with van der Waals surface area (Å²) in [6.07, 6.45) is 3.74. The zero-order valence-electron chi connectivity index (χ0n) is 10.5. The predicted octanol–water partition coefficient (Wildman–Crippen LogP) is 2.92. The average molecular weight is 238 g/mol. The molecule has 1 aromatic heterocycles. The number of hydrogen-bond donors (Lipinski definition) is 0. The summed E-state index contributed by atoms with van der Waals surface area (Å²) in [5, 5.41) is 8.81. The van der Waals surface area contributed by atoms with Gasteiger partial charge in [-0.25, -0.2) is 0 Å². The van der Waals surface area contributed by atoms with Crippen LogP contribution in [0.4, 0.5) is 0 Å². The van der Waals surface area contributed by atoms with E-state index in [4.69, 9.17) is 5.26 Å². The number of aryl methyl sites for hydroxylation is 1. The molecule has 0 unspecified atom stereocenters. The Morgan fingerprint density at radius 3 is 2.72 bits per heavy atom. The highest BCUT2D eigenvalue weighted by atomic mass is 16.1. The van der Waals surface area contributed by atoms with E-state index in [1.165, 1.54) is 0 Å². The van der Waals surface area contributed by atoms with E-state index < -0.39 is 0 Å². The molecule has 2 rings (SSSR count). The van der Waals surface area contributed by atoms with Crippen molar-refractivity contribution in [2.75, 3.05) is 0 Å². The van der Waals surface area contributed by atoms with Crippen LogP contribution in [0.1, 0.15) is 34.0 Å². The molecule has 0 N–H and O–H groups in total. The van der Waals surface area contributed by atoms with Crippen LogP contribution in [0.3, 0.4) is 0 Å². The largest absolute Gasteiger partial charge is 0.349 e.